The first-order chi connectivity index (χ1) is 8.56. The highest BCUT2D eigenvalue weighted by Crippen LogP contribution is 2.32. The lowest BCUT2D eigenvalue weighted by molar-refractivity contribution is -0.122. The second kappa shape index (κ2) is 5.40. The van der Waals surface area contributed by atoms with Crippen LogP contribution in [0, 0.1) is 0 Å². The number of anilines is 1. The summed E-state index contributed by atoms with van der Waals surface area (Å²) in [4.78, 5) is 13.8. The molecule has 1 amide bonds. The van der Waals surface area contributed by atoms with Crippen LogP contribution in [0.3, 0.4) is 0 Å². The standard InChI is InChI=1S/C14H21N3O/c1-17(2)8-7-14(18)16-13-6-3-10-9-11(15)4-5-12(10)13/h4-5,9,13H,3,6-8,15H2,1-2H3,(H,16,18). The monoisotopic (exact) mass is 247 g/mol. The molecule has 4 heteroatoms. The molecular formula is C14H21N3O. The molecule has 18 heavy (non-hydrogen) atoms. The summed E-state index contributed by atoms with van der Waals surface area (Å²) < 4.78 is 0. The van der Waals surface area contributed by atoms with E-state index >= 15 is 0 Å². The number of aryl methyl sites for hydroxylation is 1. The van der Waals surface area contributed by atoms with Gasteiger partial charge in [0.25, 0.3) is 0 Å². The molecule has 3 N–H and O–H groups in total. The maximum absolute atomic E-state index is 11.8. The predicted molar refractivity (Wildman–Crippen MR) is 73.2 cm³/mol. The minimum atomic E-state index is 0.123. The van der Waals surface area contributed by atoms with Crippen molar-refractivity contribution in [1.29, 1.82) is 0 Å². The molecule has 98 valence electrons. The van der Waals surface area contributed by atoms with Gasteiger partial charge in [-0.1, -0.05) is 6.07 Å². The highest BCUT2D eigenvalue weighted by molar-refractivity contribution is 5.76. The van der Waals surface area contributed by atoms with Gasteiger partial charge in [0, 0.05) is 18.7 Å². The average molecular weight is 247 g/mol. The van der Waals surface area contributed by atoms with E-state index < -0.39 is 0 Å². The summed E-state index contributed by atoms with van der Waals surface area (Å²) in [5.41, 5.74) is 9.06. The maximum Gasteiger partial charge on any atom is 0.221 e. The number of rotatable bonds is 4. The van der Waals surface area contributed by atoms with E-state index in [1.165, 1.54) is 11.1 Å². The molecule has 0 saturated carbocycles. The lowest BCUT2D eigenvalue weighted by atomic mass is 10.1. The number of benzene rings is 1. The number of nitrogen functional groups attached to an aromatic ring is 1. The van der Waals surface area contributed by atoms with Gasteiger partial charge in [-0.2, -0.15) is 0 Å². The second-order valence-electron chi connectivity index (χ2n) is 5.17. The number of nitrogens with two attached hydrogens (primary N) is 1. The minimum Gasteiger partial charge on any atom is -0.399 e. The van der Waals surface area contributed by atoms with Crippen molar-refractivity contribution in [2.45, 2.75) is 25.3 Å². The maximum atomic E-state index is 11.8. The van der Waals surface area contributed by atoms with Crippen LogP contribution < -0.4 is 11.1 Å². The zero-order valence-corrected chi connectivity index (χ0v) is 11.1. The zero-order valence-electron chi connectivity index (χ0n) is 11.1. The summed E-state index contributed by atoms with van der Waals surface area (Å²) in [6.07, 6.45) is 2.53. The van der Waals surface area contributed by atoms with E-state index in [0.29, 0.717) is 6.42 Å². The molecule has 0 spiro atoms. The van der Waals surface area contributed by atoms with Crippen LogP contribution in [-0.4, -0.2) is 31.4 Å². The van der Waals surface area contributed by atoms with Crippen molar-refractivity contribution in [2.75, 3.05) is 26.4 Å². The average Bonchev–Trinajstić information content (AvgIpc) is 2.69. The molecule has 1 aliphatic rings. The SMILES string of the molecule is CN(C)CCC(=O)NC1CCc2cc(N)ccc21. The Morgan fingerprint density at radius 2 is 2.28 bits per heavy atom. The van der Waals surface area contributed by atoms with Crippen LogP contribution in [0.4, 0.5) is 5.69 Å². The van der Waals surface area contributed by atoms with E-state index in [-0.39, 0.29) is 11.9 Å². The number of hydrogen-bond acceptors (Lipinski definition) is 3. The molecule has 0 radical (unpaired) electrons. The Bertz CT molecular complexity index is 443. The van der Waals surface area contributed by atoms with Crippen LogP contribution in [0.15, 0.2) is 18.2 Å². The first-order valence-corrected chi connectivity index (χ1v) is 6.38. The molecular weight excluding hydrogens is 226 g/mol. The van der Waals surface area contributed by atoms with Gasteiger partial charge in [-0.05, 0) is 50.2 Å². The Hall–Kier alpha value is -1.55. The van der Waals surface area contributed by atoms with Crippen molar-refractivity contribution in [2.24, 2.45) is 0 Å². The summed E-state index contributed by atoms with van der Waals surface area (Å²) in [5, 5.41) is 3.10. The third-order valence-electron chi connectivity index (χ3n) is 3.37. The quantitative estimate of drug-likeness (QED) is 0.789. The molecule has 0 aromatic heterocycles. The van der Waals surface area contributed by atoms with Crippen LogP contribution in [-0.2, 0) is 11.2 Å². The van der Waals surface area contributed by atoms with Crippen molar-refractivity contribution < 1.29 is 4.79 Å². The Morgan fingerprint density at radius 1 is 1.50 bits per heavy atom. The Kier molecular flexibility index (Phi) is 3.87. The Balaban J connectivity index is 1.95. The number of carbonyl (C=O) groups excluding carboxylic acids is 1. The Labute approximate surface area is 108 Å². The number of fused-ring (bicyclic) bond motifs is 1. The molecule has 0 bridgehead atoms. The van der Waals surface area contributed by atoms with Crippen molar-refractivity contribution in [3.63, 3.8) is 0 Å². The summed E-state index contributed by atoms with van der Waals surface area (Å²) in [5.74, 6) is 0.123. The molecule has 4 nitrogen and oxygen atoms in total. The molecule has 1 aromatic rings. The van der Waals surface area contributed by atoms with Gasteiger partial charge in [0.2, 0.25) is 5.91 Å². The molecule has 0 heterocycles. The van der Waals surface area contributed by atoms with Crippen LogP contribution in [0.1, 0.15) is 30.0 Å². The highest BCUT2D eigenvalue weighted by Gasteiger charge is 2.23. The molecule has 1 atom stereocenters. The van der Waals surface area contributed by atoms with Crippen LogP contribution >= 0.6 is 0 Å². The summed E-state index contributed by atoms with van der Waals surface area (Å²) in [6, 6.07) is 6.12. The van der Waals surface area contributed by atoms with Crippen molar-refractivity contribution in [3.8, 4) is 0 Å². The fourth-order valence-corrected chi connectivity index (χ4v) is 2.38. The van der Waals surface area contributed by atoms with Crippen LogP contribution in [0.25, 0.3) is 0 Å². The fourth-order valence-electron chi connectivity index (χ4n) is 2.38. The van der Waals surface area contributed by atoms with Crippen LogP contribution in [0.5, 0.6) is 0 Å². The predicted octanol–water partition coefficient (Wildman–Crippen LogP) is 1.32. The van der Waals surface area contributed by atoms with Gasteiger partial charge in [-0.3, -0.25) is 4.79 Å². The Morgan fingerprint density at radius 3 is 3.00 bits per heavy atom. The van der Waals surface area contributed by atoms with E-state index in [2.05, 4.69) is 5.32 Å². The van der Waals surface area contributed by atoms with E-state index in [1.54, 1.807) is 0 Å². The van der Waals surface area contributed by atoms with Gasteiger partial charge < -0.3 is 16.0 Å². The summed E-state index contributed by atoms with van der Waals surface area (Å²) >= 11 is 0. The number of carbonyl (C=O) groups is 1. The zero-order chi connectivity index (χ0) is 13.1. The minimum absolute atomic E-state index is 0.123. The van der Waals surface area contributed by atoms with E-state index in [0.717, 1.165) is 25.1 Å². The summed E-state index contributed by atoms with van der Waals surface area (Å²) in [6.45, 7) is 0.785. The third kappa shape index (κ3) is 3.01. The van der Waals surface area contributed by atoms with Gasteiger partial charge in [0.05, 0.1) is 6.04 Å². The summed E-state index contributed by atoms with van der Waals surface area (Å²) in [7, 11) is 3.95. The molecule has 0 fully saturated rings. The van der Waals surface area contributed by atoms with E-state index in [9.17, 15) is 4.79 Å². The van der Waals surface area contributed by atoms with Gasteiger partial charge in [-0.15, -0.1) is 0 Å². The number of nitrogens with one attached hydrogen (secondary N) is 1. The smallest absolute Gasteiger partial charge is 0.221 e. The molecule has 0 saturated heterocycles. The van der Waals surface area contributed by atoms with Crippen LogP contribution in [0.2, 0.25) is 0 Å². The van der Waals surface area contributed by atoms with Crippen molar-refractivity contribution in [1.82, 2.24) is 10.2 Å². The topological polar surface area (TPSA) is 58.4 Å². The number of hydrogen-bond donors (Lipinski definition) is 2. The third-order valence-corrected chi connectivity index (χ3v) is 3.37. The first-order valence-electron chi connectivity index (χ1n) is 6.38. The number of nitrogens with zero attached hydrogens (tertiary/aromatic N) is 1. The molecule has 2 rings (SSSR count). The normalized spacial score (nSPS) is 17.8. The highest BCUT2D eigenvalue weighted by atomic mass is 16.1. The second-order valence-corrected chi connectivity index (χ2v) is 5.17. The van der Waals surface area contributed by atoms with Gasteiger partial charge in [-0.25, -0.2) is 0 Å². The molecule has 1 unspecified atom stereocenters. The lowest BCUT2D eigenvalue weighted by Gasteiger charge is -2.15. The number of amides is 1. The molecule has 1 aromatic carbocycles. The van der Waals surface area contributed by atoms with Crippen molar-refractivity contribution >= 4 is 11.6 Å². The van der Waals surface area contributed by atoms with E-state index in [1.807, 2.05) is 37.2 Å². The van der Waals surface area contributed by atoms with E-state index in [4.69, 9.17) is 5.73 Å². The van der Waals surface area contributed by atoms with Gasteiger partial charge in [0.15, 0.2) is 0 Å². The molecule has 0 aliphatic heterocycles. The van der Waals surface area contributed by atoms with Gasteiger partial charge >= 0.3 is 0 Å². The fraction of sp³-hybridized carbons (Fsp3) is 0.500. The van der Waals surface area contributed by atoms with Crippen molar-refractivity contribution in [3.05, 3.63) is 29.3 Å². The molecule has 1 aliphatic carbocycles. The first kappa shape index (κ1) is 12.9. The lowest BCUT2D eigenvalue weighted by Crippen LogP contribution is -2.29. The largest absolute Gasteiger partial charge is 0.399 e. The van der Waals surface area contributed by atoms with Gasteiger partial charge in [0.1, 0.15) is 0 Å².